The van der Waals surface area contributed by atoms with Gasteiger partial charge in [-0.3, -0.25) is 0 Å². The Hall–Kier alpha value is -0.100. The minimum atomic E-state index is 0.512. The number of benzene rings is 1. The van der Waals surface area contributed by atoms with Crippen molar-refractivity contribution in [2.24, 2.45) is 5.73 Å². The third-order valence-electron chi connectivity index (χ3n) is 2.41. The minimum absolute atomic E-state index is 0.512. The van der Waals surface area contributed by atoms with Crippen molar-refractivity contribution in [3.63, 3.8) is 0 Å². The van der Waals surface area contributed by atoms with Crippen molar-refractivity contribution in [3.8, 4) is 5.75 Å². The number of ether oxygens (including phenoxy) is 2. The molecule has 1 rings (SSSR count). The van der Waals surface area contributed by atoms with Crippen LogP contribution < -0.4 is 10.5 Å². The number of hydrogen-bond donors (Lipinski definition) is 1. The summed E-state index contributed by atoms with van der Waals surface area (Å²) < 4.78 is 12.9. The van der Waals surface area contributed by atoms with E-state index in [4.69, 9.17) is 15.2 Å². The summed E-state index contributed by atoms with van der Waals surface area (Å²) >= 11 is 6.96. The van der Waals surface area contributed by atoms with Crippen molar-refractivity contribution < 1.29 is 9.47 Å². The molecule has 2 N–H and O–H groups in total. The molecule has 0 aliphatic carbocycles. The molecule has 0 heterocycles. The lowest BCUT2D eigenvalue weighted by molar-refractivity contribution is 0.0975. The molecule has 1 aromatic carbocycles. The van der Waals surface area contributed by atoms with Gasteiger partial charge in [0.2, 0.25) is 0 Å². The van der Waals surface area contributed by atoms with Crippen molar-refractivity contribution in [2.75, 3.05) is 19.8 Å². The third-order valence-corrected chi connectivity index (χ3v) is 3.59. The molecule has 0 bridgehead atoms. The van der Waals surface area contributed by atoms with Crippen molar-refractivity contribution in [2.45, 2.75) is 26.3 Å². The van der Waals surface area contributed by atoms with Crippen LogP contribution in [-0.2, 0) is 11.3 Å². The number of halogens is 2. The lowest BCUT2D eigenvalue weighted by Gasteiger charge is -2.12. The number of nitrogens with two attached hydrogens (primary N) is 1. The summed E-state index contributed by atoms with van der Waals surface area (Å²) in [5.74, 6) is 0.797. The zero-order valence-corrected chi connectivity index (χ0v) is 13.7. The van der Waals surface area contributed by atoms with Gasteiger partial charge in [0.15, 0.2) is 0 Å². The van der Waals surface area contributed by atoms with E-state index in [1.807, 2.05) is 12.1 Å². The fraction of sp³-hybridized carbons (Fsp3) is 0.538. The average Bonchev–Trinajstić information content (AvgIpc) is 2.35. The summed E-state index contributed by atoms with van der Waals surface area (Å²) in [4.78, 5) is 0. The Morgan fingerprint density at radius 2 is 1.78 bits per heavy atom. The fourth-order valence-corrected chi connectivity index (χ4v) is 2.93. The van der Waals surface area contributed by atoms with Crippen LogP contribution in [-0.4, -0.2) is 19.8 Å². The Morgan fingerprint density at radius 1 is 1.11 bits per heavy atom. The molecule has 0 atom stereocenters. The molecule has 0 unspecified atom stereocenters. The van der Waals surface area contributed by atoms with Gasteiger partial charge in [-0.05, 0) is 56.0 Å². The maximum atomic E-state index is 5.69. The molecule has 0 saturated carbocycles. The highest BCUT2D eigenvalue weighted by Gasteiger charge is 2.08. The van der Waals surface area contributed by atoms with Gasteiger partial charge >= 0.3 is 0 Å². The van der Waals surface area contributed by atoms with Gasteiger partial charge in [0.1, 0.15) is 12.4 Å². The van der Waals surface area contributed by atoms with Crippen LogP contribution in [0.15, 0.2) is 21.1 Å². The van der Waals surface area contributed by atoms with Crippen LogP contribution in [0.25, 0.3) is 0 Å². The van der Waals surface area contributed by atoms with E-state index in [0.717, 1.165) is 39.7 Å². The van der Waals surface area contributed by atoms with Gasteiger partial charge in [0, 0.05) is 13.2 Å². The molecule has 0 amide bonds. The van der Waals surface area contributed by atoms with Crippen LogP contribution in [0.4, 0.5) is 0 Å². The second-order valence-corrected chi connectivity index (χ2v) is 5.62. The zero-order chi connectivity index (χ0) is 13.4. The van der Waals surface area contributed by atoms with Crippen molar-refractivity contribution in [3.05, 3.63) is 26.6 Å². The molecule has 1 aromatic rings. The van der Waals surface area contributed by atoms with Gasteiger partial charge in [-0.15, -0.1) is 0 Å². The molecule has 0 aliphatic rings. The third kappa shape index (κ3) is 5.26. The fourth-order valence-electron chi connectivity index (χ4n) is 1.42. The predicted octanol–water partition coefficient (Wildman–Crippen LogP) is 3.87. The number of hydrogen-bond acceptors (Lipinski definition) is 3. The van der Waals surface area contributed by atoms with Gasteiger partial charge < -0.3 is 15.2 Å². The summed E-state index contributed by atoms with van der Waals surface area (Å²) in [6, 6.07) is 3.94. The van der Waals surface area contributed by atoms with Crippen LogP contribution in [0.3, 0.4) is 0 Å². The first-order valence-corrected chi connectivity index (χ1v) is 7.66. The maximum Gasteiger partial charge on any atom is 0.147 e. The highest BCUT2D eigenvalue weighted by molar-refractivity contribution is 9.11. The average molecular weight is 381 g/mol. The van der Waals surface area contributed by atoms with E-state index in [-0.39, 0.29) is 0 Å². The van der Waals surface area contributed by atoms with E-state index in [2.05, 4.69) is 38.8 Å². The monoisotopic (exact) mass is 379 g/mol. The Labute approximate surface area is 125 Å². The summed E-state index contributed by atoms with van der Waals surface area (Å²) in [5.41, 5.74) is 6.66. The molecule has 0 spiro atoms. The maximum absolute atomic E-state index is 5.69. The Morgan fingerprint density at radius 3 is 2.33 bits per heavy atom. The standard InChI is InChI=1S/C13H19Br2NO2/c1-2-3-4-17-5-6-18-13-11(14)7-10(9-16)8-12(13)15/h7-8H,2-6,9,16H2,1H3. The van der Waals surface area contributed by atoms with Gasteiger partial charge in [-0.25, -0.2) is 0 Å². The quantitative estimate of drug-likeness (QED) is 0.696. The number of rotatable bonds is 8. The van der Waals surface area contributed by atoms with E-state index in [1.54, 1.807) is 0 Å². The molecule has 3 nitrogen and oxygen atoms in total. The first-order valence-electron chi connectivity index (χ1n) is 6.07. The Bertz CT molecular complexity index is 349. The summed E-state index contributed by atoms with van der Waals surface area (Å²) in [7, 11) is 0. The van der Waals surface area contributed by atoms with E-state index < -0.39 is 0 Å². The molecule has 0 saturated heterocycles. The molecule has 0 aromatic heterocycles. The summed E-state index contributed by atoms with van der Waals surface area (Å²) in [6.07, 6.45) is 2.25. The van der Waals surface area contributed by atoms with Gasteiger partial charge in [-0.2, -0.15) is 0 Å². The number of unbranched alkanes of at least 4 members (excludes halogenated alkanes) is 1. The summed E-state index contributed by atoms with van der Waals surface area (Å²) in [5, 5.41) is 0. The van der Waals surface area contributed by atoms with Gasteiger partial charge in [0.05, 0.1) is 15.6 Å². The molecular weight excluding hydrogens is 362 g/mol. The van der Waals surface area contributed by atoms with Crippen molar-refractivity contribution >= 4 is 31.9 Å². The predicted molar refractivity (Wildman–Crippen MR) is 81.0 cm³/mol. The molecule has 0 radical (unpaired) electrons. The molecular formula is C13H19Br2NO2. The largest absolute Gasteiger partial charge is 0.489 e. The molecule has 0 fully saturated rings. The van der Waals surface area contributed by atoms with E-state index >= 15 is 0 Å². The Kier molecular flexibility index (Phi) is 7.90. The van der Waals surface area contributed by atoms with Crippen LogP contribution in [0.2, 0.25) is 0 Å². The molecule has 18 heavy (non-hydrogen) atoms. The van der Waals surface area contributed by atoms with E-state index in [0.29, 0.717) is 19.8 Å². The molecule has 5 heteroatoms. The van der Waals surface area contributed by atoms with E-state index in [9.17, 15) is 0 Å². The van der Waals surface area contributed by atoms with Gasteiger partial charge in [-0.1, -0.05) is 13.3 Å². The summed E-state index contributed by atoms with van der Waals surface area (Å²) in [6.45, 7) is 4.61. The first-order chi connectivity index (χ1) is 8.69. The zero-order valence-electron chi connectivity index (χ0n) is 10.5. The Balaban J connectivity index is 2.42. The van der Waals surface area contributed by atoms with Crippen molar-refractivity contribution in [1.29, 1.82) is 0 Å². The van der Waals surface area contributed by atoms with Crippen LogP contribution >= 0.6 is 31.9 Å². The van der Waals surface area contributed by atoms with Gasteiger partial charge in [0.25, 0.3) is 0 Å². The second kappa shape index (κ2) is 8.91. The highest BCUT2D eigenvalue weighted by atomic mass is 79.9. The second-order valence-electron chi connectivity index (χ2n) is 3.91. The van der Waals surface area contributed by atoms with Crippen LogP contribution in [0.1, 0.15) is 25.3 Å². The van der Waals surface area contributed by atoms with Crippen LogP contribution in [0.5, 0.6) is 5.75 Å². The van der Waals surface area contributed by atoms with E-state index in [1.165, 1.54) is 0 Å². The topological polar surface area (TPSA) is 44.5 Å². The highest BCUT2D eigenvalue weighted by Crippen LogP contribution is 2.34. The lowest BCUT2D eigenvalue weighted by atomic mass is 10.2. The molecule has 0 aliphatic heterocycles. The SMILES string of the molecule is CCCCOCCOc1c(Br)cc(CN)cc1Br. The van der Waals surface area contributed by atoms with Crippen molar-refractivity contribution in [1.82, 2.24) is 0 Å². The minimum Gasteiger partial charge on any atom is -0.489 e. The van der Waals surface area contributed by atoms with Crippen LogP contribution in [0, 0.1) is 0 Å². The normalized spacial score (nSPS) is 10.7. The smallest absolute Gasteiger partial charge is 0.147 e. The first kappa shape index (κ1) is 16.0. The lowest BCUT2D eigenvalue weighted by Crippen LogP contribution is -2.08. The molecule has 102 valence electrons.